The third-order valence-corrected chi connectivity index (χ3v) is 13.7. The minimum atomic E-state index is -0.359. The number of rotatable bonds is 18. The summed E-state index contributed by atoms with van der Waals surface area (Å²) in [7, 11) is 8.58. The van der Waals surface area contributed by atoms with Gasteiger partial charge in [0.05, 0.1) is 96.8 Å². The Hall–Kier alpha value is -11.7. The Morgan fingerprint density at radius 2 is 1.00 bits per heavy atom. The molecular formula is C65H68N20O6. The molecule has 5 N–H and O–H groups in total. The zero-order chi connectivity index (χ0) is 64.0. The van der Waals surface area contributed by atoms with Crippen LogP contribution in [0.1, 0.15) is 72.0 Å². The van der Waals surface area contributed by atoms with Crippen LogP contribution in [0.25, 0.3) is 56.5 Å². The van der Waals surface area contributed by atoms with Gasteiger partial charge < -0.3 is 40.4 Å². The van der Waals surface area contributed by atoms with Gasteiger partial charge in [-0.05, 0) is 113 Å². The number of pyridine rings is 7. The first-order valence-corrected chi connectivity index (χ1v) is 29.1. The van der Waals surface area contributed by atoms with Crippen molar-refractivity contribution in [3.05, 3.63) is 176 Å². The van der Waals surface area contributed by atoms with Gasteiger partial charge in [-0.1, -0.05) is 18.2 Å². The summed E-state index contributed by atoms with van der Waals surface area (Å²) in [6, 6.07) is 27.2. The molecule has 464 valence electrons. The molecule has 91 heavy (non-hydrogen) atoms. The second-order valence-electron chi connectivity index (χ2n) is 21.4. The van der Waals surface area contributed by atoms with Crippen molar-refractivity contribution < 1.29 is 28.6 Å². The van der Waals surface area contributed by atoms with E-state index in [1.54, 1.807) is 159 Å². The van der Waals surface area contributed by atoms with Crippen LogP contribution in [0.4, 0.5) is 28.6 Å². The number of carbonyl (C=O) groups excluding carboxylic acids is 3. The molecule has 0 unspecified atom stereocenters. The largest absolute Gasteiger partial charge is 0.495 e. The van der Waals surface area contributed by atoms with Crippen molar-refractivity contribution >= 4 is 46.3 Å². The van der Waals surface area contributed by atoms with Gasteiger partial charge in [-0.15, -0.1) is 0 Å². The highest BCUT2D eigenvalue weighted by molar-refractivity contribution is 6.06. The molecule has 1 aliphatic rings. The molecule has 0 atom stereocenters. The van der Waals surface area contributed by atoms with Gasteiger partial charge in [0, 0.05) is 94.1 Å². The SMILES string of the molecule is COc1ccc(-c2nn(C)cc2NC(=O)c2cccc(-c3cncc(NC(C)C)c3)n2)nc1.COc1ccc(-c2nn(C)cc2NC(=O)c2cccc(-c3cncc(OC(C)C)c3)n2)nc1.Cn1cc(NC(=O)c2cccc(-c3cn[nH]c3)n2)c(N2CCCC2)n1. The van der Waals surface area contributed by atoms with Crippen LogP contribution in [0.15, 0.2) is 159 Å². The van der Waals surface area contributed by atoms with Gasteiger partial charge >= 0.3 is 0 Å². The first kappa shape index (κ1) is 62.4. The average molecular weight is 1230 g/mol. The Labute approximate surface area is 524 Å². The number of amides is 3. The molecule has 0 aromatic carbocycles. The molecular weight excluding hydrogens is 1160 g/mol. The normalized spacial score (nSPS) is 11.7. The molecule has 1 aliphatic heterocycles. The molecule has 26 heteroatoms. The number of anilines is 5. The molecule has 26 nitrogen and oxygen atoms in total. The van der Waals surface area contributed by atoms with Gasteiger partial charge in [0.15, 0.2) is 5.82 Å². The fraction of sp³-hybridized carbons (Fsp3) is 0.231. The Bertz CT molecular complexity index is 4070. The highest BCUT2D eigenvalue weighted by Gasteiger charge is 2.23. The minimum Gasteiger partial charge on any atom is -0.495 e. The summed E-state index contributed by atoms with van der Waals surface area (Å²) >= 11 is 0. The predicted octanol–water partition coefficient (Wildman–Crippen LogP) is 10.1. The van der Waals surface area contributed by atoms with Gasteiger partial charge in [-0.3, -0.25) is 53.5 Å². The molecule has 1 fully saturated rings. The van der Waals surface area contributed by atoms with Crippen LogP contribution in [0.5, 0.6) is 17.2 Å². The number of methoxy groups -OCH3 is 2. The van der Waals surface area contributed by atoms with Crippen molar-refractivity contribution in [2.45, 2.75) is 52.7 Å². The summed E-state index contributed by atoms with van der Waals surface area (Å²) in [5, 5.41) is 32.1. The number of aryl methyl sites for hydroxylation is 3. The van der Waals surface area contributed by atoms with E-state index in [9.17, 15) is 14.4 Å². The maximum Gasteiger partial charge on any atom is 0.274 e. The summed E-state index contributed by atoms with van der Waals surface area (Å²) in [4.78, 5) is 71.7. The van der Waals surface area contributed by atoms with Crippen LogP contribution >= 0.6 is 0 Å². The number of ether oxygens (including phenoxy) is 3. The van der Waals surface area contributed by atoms with Gasteiger partial charge in [-0.2, -0.15) is 20.4 Å². The lowest BCUT2D eigenvalue weighted by molar-refractivity contribution is 0.101. The van der Waals surface area contributed by atoms with E-state index in [-0.39, 0.29) is 41.3 Å². The second-order valence-corrected chi connectivity index (χ2v) is 21.4. The van der Waals surface area contributed by atoms with Crippen molar-refractivity contribution in [2.75, 3.05) is 53.5 Å². The van der Waals surface area contributed by atoms with Gasteiger partial charge in [0.2, 0.25) is 0 Å². The monoisotopic (exact) mass is 1220 g/mol. The number of carbonyl (C=O) groups is 3. The summed E-state index contributed by atoms with van der Waals surface area (Å²) in [6.45, 7) is 9.95. The molecule has 0 aliphatic carbocycles. The Morgan fingerprint density at radius 3 is 1.47 bits per heavy atom. The Morgan fingerprint density at radius 1 is 0.516 bits per heavy atom. The summed E-state index contributed by atoms with van der Waals surface area (Å²) in [5.74, 6) is 1.79. The van der Waals surface area contributed by atoms with Crippen LogP contribution in [0.3, 0.4) is 0 Å². The minimum absolute atomic E-state index is 0.0287. The van der Waals surface area contributed by atoms with E-state index in [1.807, 2.05) is 63.5 Å². The summed E-state index contributed by atoms with van der Waals surface area (Å²) in [6.07, 6.45) is 21.1. The fourth-order valence-electron chi connectivity index (χ4n) is 9.55. The van der Waals surface area contributed by atoms with E-state index in [0.717, 1.165) is 54.1 Å². The Balaban J connectivity index is 0.000000151. The summed E-state index contributed by atoms with van der Waals surface area (Å²) < 4.78 is 21.0. The zero-order valence-electron chi connectivity index (χ0n) is 51.7. The predicted molar refractivity (Wildman–Crippen MR) is 346 cm³/mol. The van der Waals surface area contributed by atoms with Crippen molar-refractivity contribution in [1.82, 2.24) is 74.4 Å². The zero-order valence-corrected chi connectivity index (χ0v) is 51.7. The van der Waals surface area contributed by atoms with E-state index in [2.05, 4.69) is 100 Å². The molecule has 0 saturated carbocycles. The van der Waals surface area contributed by atoms with E-state index >= 15 is 0 Å². The molecule has 1 saturated heterocycles. The maximum absolute atomic E-state index is 13.0. The standard InChI is InChI=1S/C24H25N7O2.C24H24N6O3.C17H19N7O/c1-15(2)27-17-10-16(11-25-12-17)19-6-5-7-21(28-19)24(32)29-22-14-31(3)30-23(22)20-9-8-18(33-4)13-26-20;1-15(2)33-18-10-16(11-25-12-18)19-6-5-7-21(27-19)24(31)28-22-14-30(3)29-23(22)20-9-8-17(32-4)13-26-20;1-23-11-15(16(22-23)24-7-2-3-8-24)21-17(25)14-6-4-5-13(20-14)12-9-18-19-10-12/h5-15,27H,1-4H3,(H,29,32);5-15H,1-4H3,(H,28,31);4-6,9-11H,2-3,7-8H2,1H3,(H,18,19)(H,21,25). The maximum atomic E-state index is 13.0. The lowest BCUT2D eigenvalue weighted by Crippen LogP contribution is -2.21. The van der Waals surface area contributed by atoms with Crippen molar-refractivity contribution in [2.24, 2.45) is 21.1 Å². The van der Waals surface area contributed by atoms with E-state index in [0.29, 0.717) is 79.9 Å². The molecule has 0 radical (unpaired) electrons. The van der Waals surface area contributed by atoms with E-state index < -0.39 is 0 Å². The lowest BCUT2D eigenvalue weighted by atomic mass is 10.1. The van der Waals surface area contributed by atoms with E-state index in [4.69, 9.17) is 14.2 Å². The first-order chi connectivity index (χ1) is 44.0. The molecule has 0 spiro atoms. The van der Waals surface area contributed by atoms with Gasteiger partial charge in [0.25, 0.3) is 17.7 Å². The first-order valence-electron chi connectivity index (χ1n) is 29.1. The third-order valence-electron chi connectivity index (χ3n) is 13.7. The van der Waals surface area contributed by atoms with Crippen LogP contribution < -0.4 is 40.4 Å². The smallest absolute Gasteiger partial charge is 0.274 e. The van der Waals surface area contributed by atoms with Gasteiger partial charge in [0.1, 0.15) is 51.4 Å². The Kier molecular flexibility index (Phi) is 19.8. The molecule has 12 heterocycles. The highest BCUT2D eigenvalue weighted by Crippen LogP contribution is 2.31. The summed E-state index contributed by atoms with van der Waals surface area (Å²) in [5.41, 5.74) is 10.3. The van der Waals surface area contributed by atoms with Crippen molar-refractivity contribution in [3.63, 3.8) is 0 Å². The van der Waals surface area contributed by atoms with E-state index in [1.165, 1.54) is 0 Å². The average Bonchev–Trinajstić information content (AvgIpc) is 2.35. The third kappa shape index (κ3) is 16.1. The number of hydrogen-bond acceptors (Lipinski definition) is 19. The quantitative estimate of drug-likeness (QED) is 0.0533. The van der Waals surface area contributed by atoms with Crippen molar-refractivity contribution in [1.29, 1.82) is 0 Å². The van der Waals surface area contributed by atoms with Crippen LogP contribution in [0.2, 0.25) is 0 Å². The van der Waals surface area contributed by atoms with Crippen LogP contribution in [-0.4, -0.2) is 132 Å². The fourth-order valence-corrected chi connectivity index (χ4v) is 9.55. The number of aromatic nitrogens is 15. The lowest BCUT2D eigenvalue weighted by Gasteiger charge is -2.16. The topological polar surface area (TPSA) is 303 Å². The molecule has 11 aromatic heterocycles. The van der Waals surface area contributed by atoms with Crippen LogP contribution in [-0.2, 0) is 21.1 Å². The molecule has 3 amide bonds. The molecule has 0 bridgehead atoms. The molecule has 11 aromatic rings. The number of nitrogens with zero attached hydrogens (tertiary/aromatic N) is 15. The van der Waals surface area contributed by atoms with Gasteiger partial charge in [-0.25, -0.2) is 15.0 Å². The molecule has 12 rings (SSSR count). The number of H-pyrrole nitrogens is 1. The van der Waals surface area contributed by atoms with Crippen molar-refractivity contribution in [3.8, 4) is 73.8 Å². The van der Waals surface area contributed by atoms with Crippen LogP contribution in [0, 0.1) is 0 Å². The number of aromatic amines is 1. The number of hydrogen-bond donors (Lipinski definition) is 5. The highest BCUT2D eigenvalue weighted by atomic mass is 16.5. The number of nitrogens with one attached hydrogen (secondary N) is 5. The second kappa shape index (κ2) is 28.9.